The number of piperazine rings is 1. The zero-order valence-corrected chi connectivity index (χ0v) is 17.7. The Morgan fingerprint density at radius 3 is 1.59 bits per heavy atom. The third kappa shape index (κ3) is 3.92. The predicted molar refractivity (Wildman–Crippen MR) is 118 cm³/mol. The third-order valence-corrected chi connectivity index (χ3v) is 6.46. The van der Waals surface area contributed by atoms with Crippen LogP contribution >= 0.6 is 0 Å². The highest BCUT2D eigenvalue weighted by atomic mass is 16.7. The summed E-state index contributed by atoms with van der Waals surface area (Å²) in [5, 5.41) is 0. The molecule has 2 aliphatic rings. The fourth-order valence-corrected chi connectivity index (χ4v) is 3.81. The van der Waals surface area contributed by atoms with E-state index in [0.717, 1.165) is 43.5 Å². The van der Waals surface area contributed by atoms with Gasteiger partial charge in [-0.25, -0.2) is 0 Å². The summed E-state index contributed by atoms with van der Waals surface area (Å²) >= 11 is 0. The van der Waals surface area contributed by atoms with Crippen LogP contribution in [0.4, 0.5) is 11.4 Å². The minimum Gasteiger partial charge on any atom is -0.399 e. The molecule has 2 saturated heterocycles. The molecule has 0 aromatic heterocycles. The number of aldehydes is 1. The van der Waals surface area contributed by atoms with E-state index in [2.05, 4.69) is 61.8 Å². The summed E-state index contributed by atoms with van der Waals surface area (Å²) in [6, 6.07) is 16.4. The largest absolute Gasteiger partial charge is 0.494 e. The maximum absolute atomic E-state index is 10.8. The van der Waals surface area contributed by atoms with Crippen LogP contribution in [0.3, 0.4) is 0 Å². The van der Waals surface area contributed by atoms with Crippen LogP contribution in [0.1, 0.15) is 38.1 Å². The molecule has 4 rings (SSSR count). The van der Waals surface area contributed by atoms with E-state index in [-0.39, 0.29) is 18.3 Å². The summed E-state index contributed by atoms with van der Waals surface area (Å²) in [4.78, 5) is 15.6. The van der Waals surface area contributed by atoms with E-state index in [4.69, 9.17) is 9.31 Å². The lowest BCUT2D eigenvalue weighted by Crippen LogP contribution is -2.46. The quantitative estimate of drug-likeness (QED) is 0.591. The van der Waals surface area contributed by atoms with Gasteiger partial charge in [0.05, 0.1) is 11.2 Å². The Morgan fingerprint density at radius 1 is 0.759 bits per heavy atom. The van der Waals surface area contributed by atoms with Gasteiger partial charge in [0.1, 0.15) is 6.29 Å². The number of rotatable bonds is 4. The molecule has 0 saturated carbocycles. The summed E-state index contributed by atoms with van der Waals surface area (Å²) in [5.41, 5.74) is 3.52. The van der Waals surface area contributed by atoms with Crippen LogP contribution in [0.2, 0.25) is 0 Å². The highest BCUT2D eigenvalue weighted by molar-refractivity contribution is 6.62. The number of carbonyl (C=O) groups excluding carboxylic acids is 1. The van der Waals surface area contributed by atoms with Gasteiger partial charge in [0.15, 0.2) is 0 Å². The van der Waals surface area contributed by atoms with Gasteiger partial charge in [-0.3, -0.25) is 4.79 Å². The zero-order valence-electron chi connectivity index (χ0n) is 17.7. The van der Waals surface area contributed by atoms with Crippen molar-refractivity contribution >= 4 is 30.2 Å². The average Bonchev–Trinajstić information content (AvgIpc) is 2.95. The van der Waals surface area contributed by atoms with Crippen LogP contribution in [0, 0.1) is 0 Å². The second kappa shape index (κ2) is 7.50. The van der Waals surface area contributed by atoms with Crippen molar-refractivity contribution in [1.29, 1.82) is 0 Å². The number of nitrogens with zero attached hydrogens (tertiary/aromatic N) is 2. The van der Waals surface area contributed by atoms with Crippen molar-refractivity contribution in [3.63, 3.8) is 0 Å². The highest BCUT2D eigenvalue weighted by Gasteiger charge is 2.51. The lowest BCUT2D eigenvalue weighted by atomic mass is 9.79. The van der Waals surface area contributed by atoms with E-state index in [1.54, 1.807) is 0 Å². The van der Waals surface area contributed by atoms with Gasteiger partial charge in [-0.15, -0.1) is 0 Å². The number of hydrogen-bond acceptors (Lipinski definition) is 5. The van der Waals surface area contributed by atoms with E-state index in [1.807, 2.05) is 24.3 Å². The zero-order chi connectivity index (χ0) is 20.6. The van der Waals surface area contributed by atoms with Gasteiger partial charge in [0, 0.05) is 43.1 Å². The first-order valence-corrected chi connectivity index (χ1v) is 10.3. The summed E-state index contributed by atoms with van der Waals surface area (Å²) in [7, 11) is -0.319. The van der Waals surface area contributed by atoms with E-state index < -0.39 is 0 Å². The number of carbonyl (C=O) groups is 1. The van der Waals surface area contributed by atoms with Crippen LogP contribution in [-0.2, 0) is 9.31 Å². The Labute approximate surface area is 173 Å². The van der Waals surface area contributed by atoms with Crippen LogP contribution in [0.25, 0.3) is 0 Å². The molecule has 152 valence electrons. The van der Waals surface area contributed by atoms with E-state index >= 15 is 0 Å². The Bertz CT molecular complexity index is 841. The molecule has 2 aliphatic heterocycles. The smallest absolute Gasteiger partial charge is 0.399 e. The van der Waals surface area contributed by atoms with Crippen molar-refractivity contribution in [2.24, 2.45) is 0 Å². The molecule has 0 spiro atoms. The van der Waals surface area contributed by atoms with Crippen LogP contribution in [0.5, 0.6) is 0 Å². The highest BCUT2D eigenvalue weighted by Crippen LogP contribution is 2.36. The maximum Gasteiger partial charge on any atom is 0.494 e. The number of anilines is 2. The second-order valence-corrected chi connectivity index (χ2v) is 8.86. The molecule has 29 heavy (non-hydrogen) atoms. The van der Waals surface area contributed by atoms with Gasteiger partial charge >= 0.3 is 7.12 Å². The molecule has 2 heterocycles. The van der Waals surface area contributed by atoms with Crippen molar-refractivity contribution in [3.8, 4) is 0 Å². The molecule has 5 nitrogen and oxygen atoms in total. The molecular weight excluding hydrogens is 363 g/mol. The van der Waals surface area contributed by atoms with Gasteiger partial charge in [-0.2, -0.15) is 0 Å². The van der Waals surface area contributed by atoms with Gasteiger partial charge < -0.3 is 19.1 Å². The standard InChI is InChI=1S/C23H29BN2O3/c1-22(2)23(3,4)29-24(28-22)19-7-11-21(12-8-19)26-15-13-25(14-16-26)20-9-5-18(17-27)6-10-20/h5-12,17H,13-16H2,1-4H3. The van der Waals surface area contributed by atoms with E-state index in [9.17, 15) is 4.79 Å². The Morgan fingerprint density at radius 2 is 1.17 bits per heavy atom. The Balaban J connectivity index is 1.37. The van der Waals surface area contributed by atoms with Gasteiger partial charge in [0.2, 0.25) is 0 Å². The SMILES string of the molecule is CC1(C)OB(c2ccc(N3CCN(c4ccc(C=O)cc4)CC3)cc2)OC1(C)C. The van der Waals surface area contributed by atoms with Crippen molar-refractivity contribution in [2.45, 2.75) is 38.9 Å². The molecule has 0 bridgehead atoms. The monoisotopic (exact) mass is 392 g/mol. The van der Waals surface area contributed by atoms with Crippen LogP contribution in [0.15, 0.2) is 48.5 Å². The minimum atomic E-state index is -0.323. The van der Waals surface area contributed by atoms with Crippen LogP contribution in [-0.4, -0.2) is 50.8 Å². The first-order chi connectivity index (χ1) is 13.8. The molecule has 2 aromatic carbocycles. The van der Waals surface area contributed by atoms with Crippen molar-refractivity contribution in [3.05, 3.63) is 54.1 Å². The molecule has 0 atom stereocenters. The first-order valence-electron chi connectivity index (χ1n) is 10.3. The maximum atomic E-state index is 10.8. The van der Waals surface area contributed by atoms with Crippen molar-refractivity contribution in [1.82, 2.24) is 0 Å². The first kappa shape index (κ1) is 20.0. The van der Waals surface area contributed by atoms with Gasteiger partial charge in [-0.1, -0.05) is 12.1 Å². The second-order valence-electron chi connectivity index (χ2n) is 8.86. The topological polar surface area (TPSA) is 42.0 Å². The van der Waals surface area contributed by atoms with E-state index in [0.29, 0.717) is 0 Å². The molecule has 0 radical (unpaired) electrons. The lowest BCUT2D eigenvalue weighted by Gasteiger charge is -2.37. The Hall–Kier alpha value is -2.31. The predicted octanol–water partition coefficient (Wildman–Crippen LogP) is 3.12. The lowest BCUT2D eigenvalue weighted by molar-refractivity contribution is 0.00578. The summed E-state index contributed by atoms with van der Waals surface area (Å²) < 4.78 is 12.3. The fraction of sp³-hybridized carbons (Fsp3) is 0.435. The molecular formula is C23H29BN2O3. The molecule has 0 unspecified atom stereocenters. The average molecular weight is 392 g/mol. The summed E-state index contributed by atoms with van der Waals surface area (Å²) in [5.74, 6) is 0. The number of benzene rings is 2. The molecule has 0 aliphatic carbocycles. The van der Waals surface area contributed by atoms with Gasteiger partial charge in [0.25, 0.3) is 0 Å². The van der Waals surface area contributed by atoms with E-state index in [1.165, 1.54) is 11.4 Å². The summed E-state index contributed by atoms with van der Waals surface area (Å²) in [6.45, 7) is 12.1. The normalized spacial score (nSPS) is 20.8. The molecule has 6 heteroatoms. The number of hydrogen-bond donors (Lipinski definition) is 0. The van der Waals surface area contributed by atoms with Crippen LogP contribution < -0.4 is 15.3 Å². The molecule has 2 aromatic rings. The van der Waals surface area contributed by atoms with Gasteiger partial charge in [-0.05, 0) is 69.6 Å². The van der Waals surface area contributed by atoms with Crippen molar-refractivity contribution < 1.29 is 14.1 Å². The molecule has 0 amide bonds. The Kier molecular flexibility index (Phi) is 5.17. The molecule has 0 N–H and O–H groups in total. The molecule has 2 fully saturated rings. The fourth-order valence-electron chi connectivity index (χ4n) is 3.81. The minimum absolute atomic E-state index is 0.319. The summed E-state index contributed by atoms with van der Waals surface area (Å²) in [6.07, 6.45) is 0.884. The van der Waals surface area contributed by atoms with Crippen molar-refractivity contribution in [2.75, 3.05) is 36.0 Å². The third-order valence-electron chi connectivity index (χ3n) is 6.46.